The Hall–Kier alpha value is -1.57. The van der Waals surface area contributed by atoms with Crippen LogP contribution in [-0.2, 0) is 4.74 Å². The van der Waals surface area contributed by atoms with E-state index in [0.717, 1.165) is 50.8 Å². The van der Waals surface area contributed by atoms with E-state index >= 15 is 0 Å². The lowest BCUT2D eigenvalue weighted by Crippen LogP contribution is -3.14. The Morgan fingerprint density at radius 3 is 2.95 bits per heavy atom. The Morgan fingerprint density at radius 1 is 1.38 bits per heavy atom. The number of anilines is 1. The van der Waals surface area contributed by atoms with Crippen molar-refractivity contribution in [3.8, 4) is 5.75 Å². The van der Waals surface area contributed by atoms with E-state index in [9.17, 15) is 0 Å². The van der Waals surface area contributed by atoms with Gasteiger partial charge in [0.15, 0.2) is 5.11 Å². The monoisotopic (exact) mass is 311 g/mol. The van der Waals surface area contributed by atoms with Gasteiger partial charge in [0.25, 0.3) is 0 Å². The molecule has 21 heavy (non-hydrogen) atoms. The maximum atomic E-state index is 5.33. The topological polar surface area (TPSA) is 59.0 Å². The lowest BCUT2D eigenvalue weighted by Gasteiger charge is -2.24. The van der Waals surface area contributed by atoms with Crippen molar-refractivity contribution in [3.63, 3.8) is 0 Å². The Balaban J connectivity index is 1.62. The van der Waals surface area contributed by atoms with Crippen molar-refractivity contribution in [1.82, 2.24) is 10.7 Å². The Bertz CT molecular complexity index is 452. The molecule has 0 spiro atoms. The van der Waals surface area contributed by atoms with Gasteiger partial charge in [-0.1, -0.05) is 6.07 Å². The summed E-state index contributed by atoms with van der Waals surface area (Å²) in [4.78, 5) is 1.55. The lowest BCUT2D eigenvalue weighted by molar-refractivity contribution is -0.906. The molecule has 7 heteroatoms. The highest BCUT2D eigenvalue weighted by atomic mass is 32.1. The molecule has 1 heterocycles. The molecule has 0 unspecified atom stereocenters. The zero-order valence-electron chi connectivity index (χ0n) is 12.3. The number of methoxy groups -OCH3 is 1. The van der Waals surface area contributed by atoms with Gasteiger partial charge in [-0.15, -0.1) is 0 Å². The zero-order valence-corrected chi connectivity index (χ0v) is 13.1. The fourth-order valence-electron chi connectivity index (χ4n) is 2.14. The third-order valence-corrected chi connectivity index (χ3v) is 3.60. The minimum atomic E-state index is 0.588. The first-order valence-electron chi connectivity index (χ1n) is 7.13. The van der Waals surface area contributed by atoms with Crippen molar-refractivity contribution < 1.29 is 14.4 Å². The molecule has 0 aliphatic carbocycles. The van der Waals surface area contributed by atoms with E-state index in [2.05, 4.69) is 16.2 Å². The first-order chi connectivity index (χ1) is 10.3. The largest absolute Gasteiger partial charge is 0.497 e. The second-order valence-corrected chi connectivity index (χ2v) is 5.26. The summed E-state index contributed by atoms with van der Waals surface area (Å²) < 4.78 is 10.5. The highest BCUT2D eigenvalue weighted by Gasteiger charge is 2.12. The summed E-state index contributed by atoms with van der Waals surface area (Å²) in [5, 5.41) is 3.78. The minimum absolute atomic E-state index is 0.588. The second-order valence-electron chi connectivity index (χ2n) is 4.85. The fourth-order valence-corrected chi connectivity index (χ4v) is 2.29. The predicted molar refractivity (Wildman–Crippen MR) is 86.7 cm³/mol. The SMILES string of the molecule is COc1cccc(NNC(=S)NCC[NH+]2CCOCC2)c1. The van der Waals surface area contributed by atoms with Gasteiger partial charge in [-0.2, -0.15) is 0 Å². The molecular weight excluding hydrogens is 288 g/mol. The Kier molecular flexibility index (Phi) is 6.52. The Labute approximate surface area is 130 Å². The highest BCUT2D eigenvalue weighted by Crippen LogP contribution is 2.15. The summed E-state index contributed by atoms with van der Waals surface area (Å²) in [6.45, 7) is 5.75. The molecule has 1 saturated heterocycles. The number of hydrogen-bond donors (Lipinski definition) is 4. The van der Waals surface area contributed by atoms with Gasteiger partial charge < -0.3 is 19.7 Å². The fraction of sp³-hybridized carbons (Fsp3) is 0.500. The number of ether oxygens (including phenoxy) is 2. The molecule has 1 aromatic carbocycles. The average molecular weight is 311 g/mol. The normalized spacial score (nSPS) is 15.3. The van der Waals surface area contributed by atoms with Crippen LogP contribution in [0.3, 0.4) is 0 Å². The van der Waals surface area contributed by atoms with Crippen molar-refractivity contribution in [2.24, 2.45) is 0 Å². The van der Waals surface area contributed by atoms with E-state index in [-0.39, 0.29) is 0 Å². The smallest absolute Gasteiger partial charge is 0.185 e. The van der Waals surface area contributed by atoms with Gasteiger partial charge in [0, 0.05) is 6.07 Å². The Morgan fingerprint density at radius 2 is 2.19 bits per heavy atom. The molecule has 1 aliphatic heterocycles. The summed E-state index contributed by atoms with van der Waals surface area (Å²) in [5.41, 5.74) is 6.92. The molecule has 0 saturated carbocycles. The maximum absolute atomic E-state index is 5.33. The van der Waals surface area contributed by atoms with Crippen molar-refractivity contribution in [1.29, 1.82) is 0 Å². The number of hydrogen-bond acceptors (Lipinski definition) is 4. The van der Waals surface area contributed by atoms with E-state index in [0.29, 0.717) is 5.11 Å². The molecule has 116 valence electrons. The predicted octanol–water partition coefficient (Wildman–Crippen LogP) is -0.599. The number of benzene rings is 1. The summed E-state index contributed by atoms with van der Waals surface area (Å²) in [7, 11) is 1.65. The molecule has 1 aliphatic rings. The van der Waals surface area contributed by atoms with Crippen LogP contribution in [0.4, 0.5) is 5.69 Å². The lowest BCUT2D eigenvalue weighted by atomic mass is 10.3. The van der Waals surface area contributed by atoms with E-state index in [4.69, 9.17) is 21.7 Å². The number of nitrogens with one attached hydrogen (secondary N) is 4. The minimum Gasteiger partial charge on any atom is -0.497 e. The maximum Gasteiger partial charge on any atom is 0.185 e. The van der Waals surface area contributed by atoms with E-state index in [1.165, 1.54) is 0 Å². The molecule has 1 fully saturated rings. The van der Waals surface area contributed by atoms with E-state index in [1.807, 2.05) is 24.3 Å². The van der Waals surface area contributed by atoms with Gasteiger partial charge in [-0.05, 0) is 24.4 Å². The third-order valence-electron chi connectivity index (χ3n) is 3.35. The average Bonchev–Trinajstić information content (AvgIpc) is 2.54. The van der Waals surface area contributed by atoms with Gasteiger partial charge in [0.2, 0.25) is 0 Å². The molecule has 0 atom stereocenters. The quantitative estimate of drug-likeness (QED) is 0.416. The van der Waals surface area contributed by atoms with Gasteiger partial charge in [0.1, 0.15) is 18.8 Å². The van der Waals surface area contributed by atoms with E-state index in [1.54, 1.807) is 12.0 Å². The van der Waals surface area contributed by atoms with Crippen molar-refractivity contribution in [2.45, 2.75) is 0 Å². The number of thiocarbonyl (C=S) groups is 1. The number of morpholine rings is 1. The van der Waals surface area contributed by atoms with Crippen LogP contribution >= 0.6 is 12.2 Å². The van der Waals surface area contributed by atoms with Crippen LogP contribution in [0.2, 0.25) is 0 Å². The number of quaternary nitrogens is 1. The summed E-state index contributed by atoms with van der Waals surface area (Å²) in [6, 6.07) is 7.65. The molecule has 2 rings (SSSR count). The van der Waals surface area contributed by atoms with Crippen LogP contribution in [0.15, 0.2) is 24.3 Å². The number of hydrazine groups is 1. The number of rotatable bonds is 6. The first kappa shape index (κ1) is 15.8. The molecule has 0 bridgehead atoms. The first-order valence-corrected chi connectivity index (χ1v) is 7.54. The van der Waals surface area contributed by atoms with Gasteiger partial charge in [0.05, 0.1) is 39.1 Å². The molecule has 4 N–H and O–H groups in total. The summed E-state index contributed by atoms with van der Waals surface area (Å²) >= 11 is 5.23. The van der Waals surface area contributed by atoms with Crippen LogP contribution in [-0.4, -0.2) is 51.6 Å². The van der Waals surface area contributed by atoms with Gasteiger partial charge >= 0.3 is 0 Å². The summed E-state index contributed by atoms with van der Waals surface area (Å²) in [5.74, 6) is 0.802. The van der Waals surface area contributed by atoms with Crippen molar-refractivity contribution in [3.05, 3.63) is 24.3 Å². The van der Waals surface area contributed by atoms with Crippen molar-refractivity contribution in [2.75, 3.05) is 51.9 Å². The molecule has 6 nitrogen and oxygen atoms in total. The molecular formula is C14H23N4O2S+. The molecule has 0 aromatic heterocycles. The van der Waals surface area contributed by atoms with Gasteiger partial charge in [-0.3, -0.25) is 10.9 Å². The second kappa shape index (κ2) is 8.66. The summed E-state index contributed by atoms with van der Waals surface area (Å²) in [6.07, 6.45) is 0. The van der Waals surface area contributed by atoms with Crippen LogP contribution in [0.5, 0.6) is 5.75 Å². The van der Waals surface area contributed by atoms with E-state index < -0.39 is 0 Å². The third kappa shape index (κ3) is 5.74. The van der Waals surface area contributed by atoms with Crippen molar-refractivity contribution >= 4 is 23.0 Å². The van der Waals surface area contributed by atoms with Crippen LogP contribution in [0.1, 0.15) is 0 Å². The highest BCUT2D eigenvalue weighted by molar-refractivity contribution is 7.80. The van der Waals surface area contributed by atoms with Gasteiger partial charge in [-0.25, -0.2) is 0 Å². The molecule has 0 radical (unpaired) electrons. The van der Waals surface area contributed by atoms with Crippen LogP contribution in [0.25, 0.3) is 0 Å². The van der Waals surface area contributed by atoms with Crippen LogP contribution in [0, 0.1) is 0 Å². The van der Waals surface area contributed by atoms with Crippen LogP contribution < -0.4 is 25.8 Å². The zero-order chi connectivity index (χ0) is 14.9. The molecule has 0 amide bonds. The standard InChI is InChI=1S/C14H22N4O2S/c1-19-13-4-2-3-12(11-13)16-17-14(21)15-5-6-18-7-9-20-10-8-18/h2-4,11,16H,5-10H2,1H3,(H2,15,17,21)/p+1. The molecule has 1 aromatic rings.